The van der Waals surface area contributed by atoms with Crippen LogP contribution in [0.1, 0.15) is 279 Å². The molecule has 7 aromatic rings. The molecule has 5 aromatic carbocycles. The van der Waals surface area contributed by atoms with Gasteiger partial charge in [0.15, 0.2) is 35.5 Å². The van der Waals surface area contributed by atoms with E-state index < -0.39 is 166 Å². The van der Waals surface area contributed by atoms with Crippen molar-refractivity contribution in [2.24, 2.45) is 21.7 Å². The molecule has 148 heavy (non-hydrogen) atoms. The number of aldehydes is 1. The van der Waals surface area contributed by atoms with Crippen LogP contribution in [0.2, 0.25) is 0 Å². The largest absolute Gasteiger partial charge is 0.488 e. The Morgan fingerprint density at radius 2 is 1.03 bits per heavy atom. The number of phosphoric acid groups is 3. The van der Waals surface area contributed by atoms with Gasteiger partial charge in [0.25, 0.3) is 23.6 Å². The highest BCUT2D eigenvalue weighted by Crippen LogP contribution is 2.61. The number of ether oxygens (including phenoxy) is 5. The average Bonchev–Trinajstić information content (AvgIpc) is 1.54. The van der Waals surface area contributed by atoms with E-state index in [9.17, 15) is 123 Å². The Hall–Kier alpha value is -11.3. The van der Waals surface area contributed by atoms with E-state index in [1.54, 1.807) is 106 Å². The Morgan fingerprint density at radius 3 is 1.47 bits per heavy atom. The van der Waals surface area contributed by atoms with Crippen LogP contribution in [0.4, 0.5) is 39.0 Å². The fourth-order valence-electron chi connectivity index (χ4n) is 12.3. The van der Waals surface area contributed by atoms with Crippen molar-refractivity contribution in [3.63, 3.8) is 0 Å². The van der Waals surface area contributed by atoms with Crippen molar-refractivity contribution in [2.75, 3.05) is 36.2 Å². The van der Waals surface area contributed by atoms with E-state index in [1.807, 2.05) is 101 Å². The van der Waals surface area contributed by atoms with E-state index in [4.69, 9.17) is 54.9 Å². The molecule has 0 aliphatic carbocycles. The lowest BCUT2D eigenvalue weighted by Crippen LogP contribution is -2.39. The topological polar surface area (TPSA) is 607 Å². The summed E-state index contributed by atoms with van der Waals surface area (Å²) in [6.07, 6.45) is -3.40. The molecule has 2 aromatic heterocycles. The number of phosphoric ester groups is 3. The number of thioether (sulfide) groups is 1. The van der Waals surface area contributed by atoms with Gasteiger partial charge in [0, 0.05) is 113 Å². The highest BCUT2D eigenvalue weighted by molar-refractivity contribution is 8.00. The Morgan fingerprint density at radius 1 is 0.574 bits per heavy atom. The number of aliphatic hydroxyl groups is 2. The zero-order valence-electron chi connectivity index (χ0n) is 87.2. The van der Waals surface area contributed by atoms with Gasteiger partial charge in [-0.1, -0.05) is 85.7 Å². The number of halogens is 5. The predicted molar refractivity (Wildman–Crippen MR) is 533 cm³/mol. The number of nitrogens with zero attached hydrogens (tertiary/aromatic N) is 6. The van der Waals surface area contributed by atoms with Crippen LogP contribution in [0.3, 0.4) is 0 Å². The summed E-state index contributed by atoms with van der Waals surface area (Å²) >= 11 is 1.75. The fraction of sp³-hybridized carbons (Fsp3) is 0.520. The maximum absolute atomic E-state index is 13.2. The number of fused-ring (bicyclic) bond motifs is 1. The second-order valence-electron chi connectivity index (χ2n) is 41.6. The summed E-state index contributed by atoms with van der Waals surface area (Å²) in [4.78, 5) is 198. The van der Waals surface area contributed by atoms with Crippen molar-refractivity contribution in [2.45, 2.75) is 289 Å². The molecular formula is C98H135F5N9O32P3S. The van der Waals surface area contributed by atoms with Gasteiger partial charge < -0.3 is 80.3 Å². The zero-order chi connectivity index (χ0) is 113. The summed E-state index contributed by atoms with van der Waals surface area (Å²) in [5.41, 5.74) is 17.4. The number of carbonyl (C=O) groups is 12. The Bertz CT molecular complexity index is 5960. The third kappa shape index (κ3) is 43.7. The summed E-state index contributed by atoms with van der Waals surface area (Å²) in [5, 5.41) is 22.6. The number of aliphatic hydroxyl groups excluding tert-OH is 2. The molecule has 7 unspecified atom stereocenters. The Labute approximate surface area is 858 Å². The van der Waals surface area contributed by atoms with Crippen LogP contribution in [-0.2, 0) is 89.1 Å². The Balaban J connectivity index is 0.000000392. The predicted octanol–water partition coefficient (Wildman–Crippen LogP) is 16.7. The van der Waals surface area contributed by atoms with Crippen molar-refractivity contribution < 1.29 is 174 Å². The van der Waals surface area contributed by atoms with Gasteiger partial charge in [0.1, 0.15) is 76.1 Å². The molecule has 5 heterocycles. The number of rotatable bonds is 32. The van der Waals surface area contributed by atoms with E-state index >= 15 is 0 Å². The summed E-state index contributed by atoms with van der Waals surface area (Å²) in [5.74, 6) is -14.5. The van der Waals surface area contributed by atoms with Gasteiger partial charge in [-0.05, 0) is 178 Å². The lowest BCUT2D eigenvalue weighted by Gasteiger charge is -2.30. The lowest BCUT2D eigenvalue weighted by molar-refractivity contribution is -0.203. The standard InChI is InChI=1S/C28H47N4O16P3S.C17H19NO2.C12H17NO2.C11H9F5O2.C11H15NO2.C10H15NO4.C9H13NO4/c1-17-21-25(30-15-29-17)32(16-31-21)26-22(35)23(47-49(37,38)39)20(46-26)13-44-50(40,41)48-51(42,43)45-14-28(5,6)24(36)19(34)11-7-9-18(33)10-8-12-52-27(2,3)4;1-17(2,3)20-13-9-10-14(15(18)11-13)16(19)12-7-5-4-6-8-12;1-8(14)10-6-5-9(7-11(10)13)15-12(2,3)4;1-11(2,3)10(17)18-9-7(15)5(13)4(12)6(14)8(9)16;1-11(2,3)14-9-5-4-8(7-13)10(12)6-9;1-10(2,3)6-9(14)15-11-7(12)4-5-8(11)13;1-9(2,3)8(13)14-10-6(11)4-5-7(10)12/h15-16,20,22-24,26,35-36H,7-14H2,1-6H3,(H,40,41)(H,42,43)(H2,37,38,39);4-11H,18H2,1-3H3;5-7H,13H2,1-4H3;1-3H3;4-7H,12H2,1-3H3;4-6H2,1-3H3;4-5H2,1-3H3. The van der Waals surface area contributed by atoms with Crippen LogP contribution in [-0.4, -0.2) is 195 Å². The minimum Gasteiger partial charge on any atom is -0.488 e. The summed E-state index contributed by atoms with van der Waals surface area (Å²) in [7, 11) is -16.2. The molecule has 3 saturated heterocycles. The van der Waals surface area contributed by atoms with Gasteiger partial charge in [-0.25, -0.2) is 51.4 Å². The highest BCUT2D eigenvalue weighted by Gasteiger charge is 2.51. The fourth-order valence-corrected chi connectivity index (χ4v) is 16.0. The number of hydrogen-bond acceptors (Lipinski definition) is 35. The number of carbonyl (C=O) groups excluding carboxylic acids is 12. The normalized spacial score (nSPS) is 16.6. The summed E-state index contributed by atoms with van der Waals surface area (Å²) in [6, 6.07) is 24.5. The van der Waals surface area contributed by atoms with Crippen molar-refractivity contribution in [3.05, 3.63) is 155 Å². The number of esters is 1. The molecule has 0 bridgehead atoms. The van der Waals surface area contributed by atoms with Crippen LogP contribution in [0.5, 0.6) is 23.0 Å². The number of hydroxylamine groups is 4. The molecule has 12 N–H and O–H groups in total. The van der Waals surface area contributed by atoms with E-state index in [1.165, 1.54) is 58.8 Å². The summed E-state index contributed by atoms with van der Waals surface area (Å²) < 4.78 is 148. The zero-order valence-corrected chi connectivity index (χ0v) is 90.7. The van der Waals surface area contributed by atoms with Crippen LogP contribution in [0, 0.1) is 57.7 Å². The number of aromatic nitrogens is 4. The number of ketones is 4. The first-order chi connectivity index (χ1) is 67.6. The summed E-state index contributed by atoms with van der Waals surface area (Å²) in [6.45, 7) is 42.5. The third-order valence-corrected chi connectivity index (χ3v) is 23.9. The number of nitrogens with two attached hydrogens (primary N) is 3. The van der Waals surface area contributed by atoms with Crippen molar-refractivity contribution >= 4 is 134 Å². The van der Waals surface area contributed by atoms with Crippen LogP contribution < -0.4 is 36.1 Å². The molecule has 7 atom stereocenters. The SMILES string of the molecule is CC(=O)c1ccc(OC(C)(C)C)cc1N.CC(C)(C)C(=O)ON1C(=O)CCC1=O.CC(C)(C)C(=O)Oc1c(F)c(F)c(F)c(F)c1F.CC(C)(C)CC(=O)ON1C(=O)CCC1=O.CC(C)(C)Oc1ccc(C(=O)c2ccccc2)c(N)c1.CC(C)(C)Oc1ccc(C=O)c(N)c1.Cc1ncnc2c1ncn2C1OC(COP(=O)(O)OP(=O)(O)OCC(C)(C)C(O)C(=O)CCCC(=O)CCCSC(C)(C)C)C(OP(=O)(O)O)C1O. The van der Waals surface area contributed by atoms with Crippen LogP contribution >= 0.6 is 35.2 Å². The first kappa shape index (κ1) is 129. The van der Waals surface area contributed by atoms with Gasteiger partial charge in [-0.2, -0.15) is 24.9 Å². The smallest absolute Gasteiger partial charge is 0.481 e. The number of amides is 4. The molecule has 10 rings (SSSR count). The van der Waals surface area contributed by atoms with Crippen LogP contribution in [0.15, 0.2) is 97.6 Å². The first-order valence-electron chi connectivity index (χ1n) is 46.0. The minimum atomic E-state index is -5.51. The number of imidazole rings is 1. The molecule has 3 aliphatic heterocycles. The number of aryl methyl sites for hydroxylation is 1. The van der Waals surface area contributed by atoms with E-state index in [0.29, 0.717) is 90.7 Å². The molecule has 50 heteroatoms. The second kappa shape index (κ2) is 53.9. The van der Waals surface area contributed by atoms with Gasteiger partial charge in [-0.3, -0.25) is 66.1 Å². The van der Waals surface area contributed by atoms with E-state index in [-0.39, 0.29) is 101 Å². The maximum Gasteiger partial charge on any atom is 0.481 e. The number of anilines is 3. The molecule has 41 nitrogen and oxygen atoms in total. The molecule has 0 radical (unpaired) electrons. The quantitative estimate of drug-likeness (QED) is 0.00162. The van der Waals surface area contributed by atoms with E-state index in [0.717, 1.165) is 12.0 Å². The van der Waals surface area contributed by atoms with Gasteiger partial charge in [0.2, 0.25) is 34.8 Å². The monoisotopic (exact) mass is 2170 g/mol. The van der Waals surface area contributed by atoms with Gasteiger partial charge in [0.05, 0.1) is 42.5 Å². The van der Waals surface area contributed by atoms with Gasteiger partial charge >= 0.3 is 41.4 Å². The lowest BCUT2D eigenvalue weighted by atomic mass is 9.84. The number of benzene rings is 5. The number of nitrogen functional groups attached to an aromatic ring is 3. The molecule has 820 valence electrons. The number of Topliss-reactive ketones (excluding diaryl/α,β-unsaturated/α-hetero) is 3. The number of imide groups is 2. The molecule has 3 fully saturated rings. The highest BCUT2D eigenvalue weighted by atomic mass is 32.2. The van der Waals surface area contributed by atoms with E-state index in [2.05, 4.69) is 49.3 Å². The van der Waals surface area contributed by atoms with Crippen molar-refractivity contribution in [1.29, 1.82) is 0 Å². The third-order valence-electron chi connectivity index (χ3n) is 19.5. The van der Waals surface area contributed by atoms with Gasteiger partial charge in [-0.15, -0.1) is 10.1 Å². The van der Waals surface area contributed by atoms with Crippen molar-refractivity contribution in [3.8, 4) is 23.0 Å². The average molecular weight is 2170 g/mol. The Kier molecular flexibility index (Phi) is 47.0. The molecule has 0 saturated carbocycles. The molecule has 0 spiro atoms. The number of hydrogen-bond donors (Lipinski definition) is 9. The maximum atomic E-state index is 13.2. The first-order valence-corrected chi connectivity index (χ1v) is 51.5. The molecule has 4 amide bonds. The van der Waals surface area contributed by atoms with Crippen LogP contribution in [0.25, 0.3) is 11.2 Å². The molecule has 3 aliphatic rings. The minimum absolute atomic E-state index is 0.00861. The molecular weight excluding hydrogens is 2040 g/mol. The second-order valence-corrected chi connectivity index (χ2v) is 47.8. The van der Waals surface area contributed by atoms with Crippen molar-refractivity contribution in [1.82, 2.24) is 29.6 Å².